The minimum atomic E-state index is -1.74. The van der Waals surface area contributed by atoms with Gasteiger partial charge in [0.2, 0.25) is 29.5 Å². The normalized spacial score (nSPS) is 18.0. The predicted molar refractivity (Wildman–Crippen MR) is 454 cm³/mol. The number of ether oxygens (including phenoxy) is 13. The topological polar surface area (TPSA) is 451 Å². The fourth-order valence-corrected chi connectivity index (χ4v) is 13.0. The van der Waals surface area contributed by atoms with E-state index in [1.165, 1.54) is 97.1 Å². The highest BCUT2D eigenvalue weighted by Crippen LogP contribution is 2.35. The Hall–Kier alpha value is -14.6. The van der Waals surface area contributed by atoms with Crippen LogP contribution in [0.5, 0.6) is 0 Å². The van der Waals surface area contributed by atoms with Gasteiger partial charge in [-0.1, -0.05) is 146 Å². The van der Waals surface area contributed by atoms with Crippen LogP contribution in [0.15, 0.2) is 243 Å². The van der Waals surface area contributed by atoms with E-state index in [-0.39, 0.29) is 96.6 Å². The van der Waals surface area contributed by atoms with Gasteiger partial charge in [-0.3, -0.25) is 33.7 Å². The molecule has 8 aromatic rings. The fraction of sp³-hybridized carbons (Fsp3) is 0.330. The van der Waals surface area contributed by atoms with E-state index in [0.29, 0.717) is 0 Å². The summed E-state index contributed by atoms with van der Waals surface area (Å²) >= 11 is 0. The van der Waals surface area contributed by atoms with Crippen molar-refractivity contribution >= 4 is 89.4 Å². The highest BCUT2D eigenvalue weighted by Gasteiger charge is 2.56. The van der Waals surface area contributed by atoms with Crippen LogP contribution in [0, 0.1) is 0 Å². The molecule has 2 saturated heterocycles. The van der Waals surface area contributed by atoms with Crippen LogP contribution in [-0.2, 0) is 90.3 Å². The van der Waals surface area contributed by atoms with Crippen molar-refractivity contribution in [2.24, 2.45) is 0 Å². The summed E-state index contributed by atoms with van der Waals surface area (Å²) in [4.78, 5) is 206. The maximum atomic E-state index is 14.1. The Morgan fingerprint density at radius 2 is 0.612 bits per heavy atom. The van der Waals surface area contributed by atoms with Gasteiger partial charge < -0.3 is 92.9 Å². The number of amides is 6. The van der Waals surface area contributed by atoms with E-state index in [9.17, 15) is 77.0 Å². The molecule has 6 amide bonds. The maximum absolute atomic E-state index is 14.1. The Labute approximate surface area is 741 Å². The molecule has 35 heteroatoms. The molecule has 0 spiro atoms. The summed E-state index contributed by atoms with van der Waals surface area (Å²) in [5, 5.41) is 20.1. The van der Waals surface area contributed by atoms with Crippen LogP contribution < -0.4 is 21.3 Å². The molecular weight excluding hydrogens is 1680 g/mol. The predicted octanol–water partition coefficient (Wildman–Crippen LogP) is 8.10. The lowest BCUT2D eigenvalue weighted by Gasteiger charge is -2.44. The smallest absolute Gasteiger partial charge is 0.410 e. The van der Waals surface area contributed by atoms with Crippen molar-refractivity contribution in [3.63, 3.8) is 0 Å². The van der Waals surface area contributed by atoms with Crippen molar-refractivity contribution in [2.45, 2.75) is 120 Å². The number of aliphatic carboxylic acids is 1. The Kier molecular flexibility index (Phi) is 37.0. The van der Waals surface area contributed by atoms with Gasteiger partial charge in [-0.15, -0.1) is 0 Å². The van der Waals surface area contributed by atoms with Gasteiger partial charge in [0.15, 0.2) is 49.2 Å². The molecule has 2 heterocycles. The first kappa shape index (κ1) is 96.7. The van der Waals surface area contributed by atoms with E-state index in [4.69, 9.17) is 61.6 Å². The van der Waals surface area contributed by atoms with Gasteiger partial charge in [0, 0.05) is 58.5 Å². The monoisotopic (exact) mass is 1770 g/mol. The molecular formula is C94H98N6O29. The summed E-state index contributed by atoms with van der Waals surface area (Å²) < 4.78 is 78.7. The van der Waals surface area contributed by atoms with E-state index in [1.807, 2.05) is 0 Å². The van der Waals surface area contributed by atoms with Crippen LogP contribution in [0.3, 0.4) is 0 Å². The van der Waals surface area contributed by atoms with E-state index >= 15 is 0 Å². The SMILES string of the molecule is CC(C)(C)OC(=O)N(CCC(=O)N(CCC(=O)O)CC(=O)NCCCC(=O)NCCO[C@@H]1O[C@H](COC(=O)c2ccccc2)[C@H](OC(=O)c2ccccc2)[C@H](OC(=O)c2ccccc2)[C@H]1OC(=O)c1ccccc1)CC(=O)NCCC(=O)NCCO[C@@H]1O[C@H](COC(=O)c2ccccc2)[C@H](OC(=O)c2ccccc2)[C@H](OC(=O)c2ccccc2)[C@H]1OC(=O)c1ccccc1. The number of carbonyl (C=O) groups excluding carboxylic acids is 14. The number of hydrogen-bond acceptors (Lipinski definition) is 28. The molecule has 2 fully saturated rings. The number of carboxylic acid groups (broad SMARTS) is 1. The van der Waals surface area contributed by atoms with E-state index in [2.05, 4.69) is 21.3 Å². The summed E-state index contributed by atoms with van der Waals surface area (Å²) in [7, 11) is 0. The molecule has 2 aliphatic heterocycles. The second-order valence-electron chi connectivity index (χ2n) is 30.0. The van der Waals surface area contributed by atoms with Crippen molar-refractivity contribution < 1.29 is 139 Å². The molecule has 10 rings (SSSR count). The molecule has 2 aliphatic rings. The lowest BCUT2D eigenvalue weighted by Crippen LogP contribution is -2.63. The van der Waals surface area contributed by atoms with Crippen LogP contribution >= 0.6 is 0 Å². The third-order valence-corrected chi connectivity index (χ3v) is 19.3. The number of carboxylic acids is 1. The molecule has 678 valence electrons. The molecule has 8 aromatic carbocycles. The van der Waals surface area contributed by atoms with Gasteiger partial charge in [0.25, 0.3) is 0 Å². The molecule has 0 radical (unpaired) electrons. The van der Waals surface area contributed by atoms with Crippen molar-refractivity contribution in [3.05, 3.63) is 287 Å². The zero-order valence-corrected chi connectivity index (χ0v) is 70.7. The van der Waals surface area contributed by atoms with Gasteiger partial charge in [-0.2, -0.15) is 0 Å². The summed E-state index contributed by atoms with van der Waals surface area (Å²) in [6.45, 7) is -0.617. The van der Waals surface area contributed by atoms with Crippen molar-refractivity contribution in [2.75, 3.05) is 78.8 Å². The molecule has 10 atom stereocenters. The van der Waals surface area contributed by atoms with Crippen LogP contribution in [0.4, 0.5) is 4.79 Å². The van der Waals surface area contributed by atoms with Crippen molar-refractivity contribution in [1.82, 2.24) is 31.1 Å². The van der Waals surface area contributed by atoms with Crippen LogP contribution in [0.1, 0.15) is 136 Å². The number of benzene rings is 8. The zero-order valence-electron chi connectivity index (χ0n) is 70.7. The number of rotatable bonds is 43. The average molecular weight is 1780 g/mol. The highest BCUT2D eigenvalue weighted by molar-refractivity contribution is 5.94. The quantitative estimate of drug-likeness (QED) is 0.0137. The van der Waals surface area contributed by atoms with Gasteiger partial charge >= 0.3 is 59.8 Å². The third kappa shape index (κ3) is 30.9. The summed E-state index contributed by atoms with van der Waals surface area (Å²) in [6.07, 6.45) is -19.3. The fourth-order valence-electron chi connectivity index (χ4n) is 13.0. The van der Waals surface area contributed by atoms with Crippen LogP contribution in [-0.4, -0.2) is 250 Å². The summed E-state index contributed by atoms with van der Waals surface area (Å²) in [5.74, 6) is -12.1. The van der Waals surface area contributed by atoms with E-state index in [0.717, 1.165) is 9.80 Å². The first-order chi connectivity index (χ1) is 62.2. The van der Waals surface area contributed by atoms with Crippen LogP contribution in [0.2, 0.25) is 0 Å². The molecule has 0 bridgehead atoms. The van der Waals surface area contributed by atoms with Crippen molar-refractivity contribution in [3.8, 4) is 0 Å². The standard InChI is InChI=1S/C94H98N6O29/c1-94(2,3)129-93(116)100(58-74(104)96-50-46-72(102)98-52-56-118-92-82(128-90(115)68-43-26-11-27-44-68)80(126-88(113)66-39-22-9-23-40-66)78(124-86(111)64-35-18-7-19-36-64)70(122-92)60-120-84(109)62-31-14-5-15-32-62)53-47-75(105)99(54-48-76(106)107)57-73(103)95-49-28-45-71(101)97-51-55-117-91-81(127-89(114)67-41-24-10-25-42-67)79(125-87(112)65-37-20-8-21-38-65)77(123-85(110)63-33-16-6-17-34-63)69(121-91)59-119-83(108)61-29-12-4-13-30-61/h4-27,29-44,69-70,77-82,91-92H,28,45-60H2,1-3H3,(H,95,103)(H,96,104)(H,97,101)(H,98,102)(H,106,107)/t69-,70-,77+,78+,79+,80+,81-,82-,91-,92-/m1/s1. The van der Waals surface area contributed by atoms with Gasteiger partial charge in [-0.05, 0) is 124 Å². The van der Waals surface area contributed by atoms with Crippen molar-refractivity contribution in [1.29, 1.82) is 0 Å². The second-order valence-corrected chi connectivity index (χ2v) is 30.0. The largest absolute Gasteiger partial charge is 0.481 e. The first-order valence-corrected chi connectivity index (χ1v) is 41.3. The van der Waals surface area contributed by atoms with Gasteiger partial charge in [0.1, 0.15) is 37.6 Å². The Bertz CT molecular complexity index is 5080. The molecule has 129 heavy (non-hydrogen) atoms. The molecule has 0 unspecified atom stereocenters. The molecule has 0 aliphatic carbocycles. The Balaban J connectivity index is 0.721. The minimum Gasteiger partial charge on any atom is -0.481 e. The number of carbonyl (C=O) groups is 15. The van der Waals surface area contributed by atoms with Crippen LogP contribution in [0.25, 0.3) is 0 Å². The number of esters is 8. The molecule has 35 nitrogen and oxygen atoms in total. The van der Waals surface area contributed by atoms with Gasteiger partial charge in [-0.25, -0.2) is 43.2 Å². The second kappa shape index (κ2) is 49.4. The maximum Gasteiger partial charge on any atom is 0.410 e. The van der Waals surface area contributed by atoms with E-state index < -0.39 is 215 Å². The minimum absolute atomic E-state index is 0.0325. The summed E-state index contributed by atoms with van der Waals surface area (Å²) in [6, 6.07) is 62.3. The Morgan fingerprint density at radius 1 is 0.326 bits per heavy atom. The lowest BCUT2D eigenvalue weighted by atomic mass is 9.97. The molecule has 0 aromatic heterocycles. The van der Waals surface area contributed by atoms with Gasteiger partial charge in [0.05, 0.1) is 70.7 Å². The first-order valence-electron chi connectivity index (χ1n) is 41.3. The summed E-state index contributed by atoms with van der Waals surface area (Å²) in [5.41, 5.74) is -0.430. The highest BCUT2D eigenvalue weighted by atomic mass is 16.8. The molecule has 5 N–H and O–H groups in total. The number of nitrogens with one attached hydrogen (secondary N) is 4. The average Bonchev–Trinajstić information content (AvgIpc) is 0.778. The lowest BCUT2D eigenvalue weighted by molar-refractivity contribution is -0.297. The number of nitrogens with zero attached hydrogens (tertiary/aromatic N) is 2. The third-order valence-electron chi connectivity index (χ3n) is 19.3. The van der Waals surface area contributed by atoms with E-state index in [1.54, 1.807) is 166 Å². The zero-order chi connectivity index (χ0) is 92.0. The Morgan fingerprint density at radius 3 is 0.946 bits per heavy atom. The number of hydrogen-bond donors (Lipinski definition) is 5. The molecule has 0 saturated carbocycles.